The van der Waals surface area contributed by atoms with Gasteiger partial charge in [0.2, 0.25) is 0 Å². The maximum absolute atomic E-state index is 11.4. The highest BCUT2D eigenvalue weighted by Crippen LogP contribution is 2.26. The predicted octanol–water partition coefficient (Wildman–Crippen LogP) is 2.21. The predicted molar refractivity (Wildman–Crippen MR) is 84.3 cm³/mol. The Morgan fingerprint density at radius 1 is 1.18 bits per heavy atom. The van der Waals surface area contributed by atoms with Crippen LogP contribution >= 0.6 is 0 Å². The average Bonchev–Trinajstić information content (AvgIpc) is 2.53. The minimum absolute atomic E-state index is 0.374. The van der Waals surface area contributed by atoms with Crippen LogP contribution in [0, 0.1) is 10.1 Å². The van der Waals surface area contributed by atoms with Crippen LogP contribution in [-0.2, 0) is 13.0 Å². The number of hydrogen-bond acceptors (Lipinski definition) is 4. The van der Waals surface area contributed by atoms with Gasteiger partial charge in [-0.15, -0.1) is 0 Å². The van der Waals surface area contributed by atoms with Gasteiger partial charge in [0.05, 0.1) is 11.1 Å². The topological polar surface area (TPSA) is 68.4 Å². The molecule has 1 aliphatic rings. The molecule has 114 valence electrons. The van der Waals surface area contributed by atoms with Crippen LogP contribution < -0.4 is 10.3 Å². The molecule has 0 bridgehead atoms. The zero-order valence-electron chi connectivity index (χ0n) is 12.1. The number of hydrogen-bond donors (Lipinski definition) is 0. The van der Waals surface area contributed by atoms with Crippen LogP contribution in [-0.4, -0.2) is 22.6 Å². The minimum Gasteiger partial charge on any atom is -0.370 e. The number of aromatic nitrogens is 1. The third-order valence-corrected chi connectivity index (χ3v) is 3.99. The van der Waals surface area contributed by atoms with E-state index in [1.807, 2.05) is 12.1 Å². The minimum atomic E-state index is -0.630. The second-order valence-corrected chi connectivity index (χ2v) is 5.41. The number of rotatable bonds is 4. The summed E-state index contributed by atoms with van der Waals surface area (Å²) in [7, 11) is 0. The van der Waals surface area contributed by atoms with Crippen molar-refractivity contribution >= 4 is 11.4 Å². The van der Waals surface area contributed by atoms with Crippen molar-refractivity contribution in [2.45, 2.75) is 19.4 Å². The molecular formula is C16H17N3O3. The number of para-hydroxylation sites is 1. The first-order valence-corrected chi connectivity index (χ1v) is 7.32. The van der Waals surface area contributed by atoms with Gasteiger partial charge in [0.15, 0.2) is 0 Å². The summed E-state index contributed by atoms with van der Waals surface area (Å²) in [6.07, 6.45) is 5.13. The molecule has 0 spiro atoms. The number of benzene rings is 1. The molecule has 0 amide bonds. The fourth-order valence-electron chi connectivity index (χ4n) is 2.87. The van der Waals surface area contributed by atoms with Gasteiger partial charge in [0.25, 0.3) is 5.43 Å². The van der Waals surface area contributed by atoms with E-state index >= 15 is 0 Å². The second kappa shape index (κ2) is 6.01. The molecule has 0 radical (unpaired) electrons. The Balaban J connectivity index is 1.75. The van der Waals surface area contributed by atoms with Crippen LogP contribution in [0.2, 0.25) is 0 Å². The van der Waals surface area contributed by atoms with Crippen molar-refractivity contribution in [3.05, 3.63) is 68.6 Å². The van der Waals surface area contributed by atoms with Crippen molar-refractivity contribution in [1.82, 2.24) is 4.57 Å². The highest BCUT2D eigenvalue weighted by atomic mass is 16.6. The normalized spacial score (nSPS) is 13.7. The molecule has 0 fully saturated rings. The number of anilines is 1. The molecule has 3 rings (SSSR count). The van der Waals surface area contributed by atoms with E-state index in [4.69, 9.17) is 0 Å². The van der Waals surface area contributed by atoms with Gasteiger partial charge in [-0.05, 0) is 24.5 Å². The Kier molecular flexibility index (Phi) is 3.91. The number of fused-ring (bicyclic) bond motifs is 1. The summed E-state index contributed by atoms with van der Waals surface area (Å²) in [5, 5.41) is 10.8. The van der Waals surface area contributed by atoms with Gasteiger partial charge in [-0.1, -0.05) is 18.2 Å². The molecule has 0 aliphatic carbocycles. The van der Waals surface area contributed by atoms with Gasteiger partial charge in [-0.3, -0.25) is 14.9 Å². The molecule has 6 heteroatoms. The van der Waals surface area contributed by atoms with E-state index in [0.717, 1.165) is 25.9 Å². The quantitative estimate of drug-likeness (QED) is 0.641. The fraction of sp³-hybridized carbons (Fsp3) is 0.312. The molecule has 0 N–H and O–H groups in total. The first-order valence-electron chi connectivity index (χ1n) is 7.32. The van der Waals surface area contributed by atoms with Gasteiger partial charge in [0, 0.05) is 37.6 Å². The van der Waals surface area contributed by atoms with E-state index < -0.39 is 10.4 Å². The SMILES string of the molecule is O=c1ccn(CCN2CCCc3ccccc32)cc1[N+](=O)[O-]. The summed E-state index contributed by atoms with van der Waals surface area (Å²) in [6.45, 7) is 2.35. The van der Waals surface area contributed by atoms with Crippen molar-refractivity contribution < 1.29 is 4.92 Å². The van der Waals surface area contributed by atoms with Crippen molar-refractivity contribution in [1.29, 1.82) is 0 Å². The zero-order chi connectivity index (χ0) is 15.5. The maximum atomic E-state index is 11.4. The third-order valence-electron chi connectivity index (χ3n) is 3.99. The Bertz CT molecular complexity index is 754. The summed E-state index contributed by atoms with van der Waals surface area (Å²) in [4.78, 5) is 23.9. The molecule has 1 aromatic carbocycles. The van der Waals surface area contributed by atoms with Gasteiger partial charge in [-0.2, -0.15) is 0 Å². The zero-order valence-corrected chi connectivity index (χ0v) is 12.1. The maximum Gasteiger partial charge on any atom is 0.332 e. The molecule has 2 aromatic rings. The van der Waals surface area contributed by atoms with Gasteiger partial charge in [0.1, 0.15) is 0 Å². The van der Waals surface area contributed by atoms with E-state index in [1.165, 1.54) is 23.5 Å². The van der Waals surface area contributed by atoms with Gasteiger partial charge < -0.3 is 9.47 Å². The lowest BCUT2D eigenvalue weighted by molar-refractivity contribution is -0.386. The molecule has 6 nitrogen and oxygen atoms in total. The van der Waals surface area contributed by atoms with Crippen LogP contribution in [0.5, 0.6) is 0 Å². The lowest BCUT2D eigenvalue weighted by Gasteiger charge is -2.31. The fourth-order valence-corrected chi connectivity index (χ4v) is 2.87. The van der Waals surface area contributed by atoms with E-state index in [0.29, 0.717) is 6.54 Å². The smallest absolute Gasteiger partial charge is 0.332 e. The molecular weight excluding hydrogens is 282 g/mol. The molecule has 0 unspecified atom stereocenters. The van der Waals surface area contributed by atoms with Crippen molar-refractivity contribution in [3.8, 4) is 0 Å². The number of pyridine rings is 1. The van der Waals surface area contributed by atoms with Crippen molar-refractivity contribution in [2.24, 2.45) is 0 Å². The Morgan fingerprint density at radius 3 is 2.82 bits per heavy atom. The highest BCUT2D eigenvalue weighted by Gasteiger charge is 2.16. The van der Waals surface area contributed by atoms with Crippen LogP contribution in [0.4, 0.5) is 11.4 Å². The standard InChI is InChI=1S/C16H17N3O3/c20-16-7-9-17(12-15(16)19(21)22)10-11-18-8-3-5-13-4-1-2-6-14(13)18/h1-2,4,6-7,9,12H,3,5,8,10-11H2. The highest BCUT2D eigenvalue weighted by molar-refractivity contribution is 5.55. The second-order valence-electron chi connectivity index (χ2n) is 5.41. The molecule has 2 heterocycles. The molecule has 22 heavy (non-hydrogen) atoms. The van der Waals surface area contributed by atoms with Gasteiger partial charge in [-0.25, -0.2) is 0 Å². The lowest BCUT2D eigenvalue weighted by atomic mass is 10.0. The van der Waals surface area contributed by atoms with Crippen LogP contribution in [0.3, 0.4) is 0 Å². The van der Waals surface area contributed by atoms with Crippen molar-refractivity contribution in [3.63, 3.8) is 0 Å². The Morgan fingerprint density at radius 2 is 2.00 bits per heavy atom. The summed E-state index contributed by atoms with van der Waals surface area (Å²) >= 11 is 0. The van der Waals surface area contributed by atoms with E-state index in [-0.39, 0.29) is 5.69 Å². The molecule has 0 atom stereocenters. The van der Waals surface area contributed by atoms with Crippen molar-refractivity contribution in [2.75, 3.05) is 18.0 Å². The Hall–Kier alpha value is -2.63. The first-order chi connectivity index (χ1) is 10.6. The largest absolute Gasteiger partial charge is 0.370 e. The van der Waals surface area contributed by atoms with Crippen LogP contribution in [0.25, 0.3) is 0 Å². The summed E-state index contributed by atoms with van der Waals surface area (Å²) in [6, 6.07) is 9.59. The van der Waals surface area contributed by atoms with Crippen LogP contribution in [0.15, 0.2) is 47.5 Å². The average molecular weight is 299 g/mol. The molecule has 1 aliphatic heterocycles. The summed E-state index contributed by atoms with van der Waals surface area (Å²) in [5.74, 6) is 0. The van der Waals surface area contributed by atoms with Crippen LogP contribution in [0.1, 0.15) is 12.0 Å². The summed E-state index contributed by atoms with van der Waals surface area (Å²) in [5.41, 5.74) is 1.66. The lowest BCUT2D eigenvalue weighted by Crippen LogP contribution is -2.32. The monoisotopic (exact) mass is 299 g/mol. The molecule has 0 saturated heterocycles. The number of nitrogens with zero attached hydrogens (tertiary/aromatic N) is 3. The van der Waals surface area contributed by atoms with E-state index in [2.05, 4.69) is 17.0 Å². The first kappa shape index (κ1) is 14.3. The van der Waals surface area contributed by atoms with Gasteiger partial charge >= 0.3 is 5.69 Å². The number of aryl methyl sites for hydroxylation is 1. The number of nitro groups is 1. The Labute approximate surface area is 127 Å². The summed E-state index contributed by atoms with van der Waals surface area (Å²) < 4.78 is 1.71. The molecule has 0 saturated carbocycles. The van der Waals surface area contributed by atoms with E-state index in [1.54, 1.807) is 10.8 Å². The molecule has 1 aromatic heterocycles. The third kappa shape index (κ3) is 2.86. The van der Waals surface area contributed by atoms with E-state index in [9.17, 15) is 14.9 Å².